The van der Waals surface area contributed by atoms with Crippen LogP contribution in [0.1, 0.15) is 43.4 Å². The molecule has 1 saturated heterocycles. The summed E-state index contributed by atoms with van der Waals surface area (Å²) < 4.78 is 29.7. The largest absolute Gasteiger partial charge is 0.497 e. The number of halogens is 1. The van der Waals surface area contributed by atoms with Gasteiger partial charge in [0.2, 0.25) is 0 Å². The molecule has 8 nitrogen and oxygen atoms in total. The molecule has 0 unspecified atom stereocenters. The second-order valence-electron chi connectivity index (χ2n) is 8.95. The lowest BCUT2D eigenvalue weighted by Crippen LogP contribution is -2.44. The number of benzene rings is 2. The number of hydrogen-bond donors (Lipinski definition) is 0. The molecule has 0 N–H and O–H groups in total. The van der Waals surface area contributed by atoms with E-state index in [2.05, 4.69) is 5.10 Å². The zero-order valence-corrected chi connectivity index (χ0v) is 20.9. The summed E-state index contributed by atoms with van der Waals surface area (Å²) in [4.78, 5) is 27.8. The SMILES string of the molecule is CCOC(=O)[C@H]1CCCN(CC(=O)N2N=C(c3ccc(F)cc3)C[C@H]2c2ccc(OC)cc2OC)C1. The van der Waals surface area contributed by atoms with Crippen LogP contribution < -0.4 is 9.47 Å². The van der Waals surface area contributed by atoms with Crippen molar-refractivity contribution in [2.75, 3.05) is 40.5 Å². The maximum Gasteiger partial charge on any atom is 0.310 e. The molecule has 0 aromatic heterocycles. The summed E-state index contributed by atoms with van der Waals surface area (Å²) in [6.07, 6.45) is 2.02. The first-order valence-corrected chi connectivity index (χ1v) is 12.2. The van der Waals surface area contributed by atoms with Gasteiger partial charge in [-0.15, -0.1) is 0 Å². The number of hydrazone groups is 1. The maximum atomic E-state index is 13.6. The van der Waals surface area contributed by atoms with Crippen molar-refractivity contribution in [2.45, 2.75) is 32.2 Å². The Morgan fingerprint density at radius 1 is 1.11 bits per heavy atom. The molecule has 1 fully saturated rings. The van der Waals surface area contributed by atoms with Gasteiger partial charge < -0.3 is 14.2 Å². The van der Waals surface area contributed by atoms with E-state index in [0.29, 0.717) is 36.8 Å². The highest BCUT2D eigenvalue weighted by atomic mass is 19.1. The van der Waals surface area contributed by atoms with E-state index in [9.17, 15) is 14.0 Å². The Morgan fingerprint density at radius 3 is 2.58 bits per heavy atom. The first-order chi connectivity index (χ1) is 17.4. The van der Waals surface area contributed by atoms with Gasteiger partial charge in [-0.1, -0.05) is 12.1 Å². The summed E-state index contributed by atoms with van der Waals surface area (Å²) >= 11 is 0. The Bertz CT molecular complexity index is 1120. The minimum absolute atomic E-state index is 0.130. The number of ether oxygens (including phenoxy) is 3. The predicted molar refractivity (Wildman–Crippen MR) is 132 cm³/mol. The molecule has 1 amide bonds. The van der Waals surface area contributed by atoms with E-state index in [0.717, 1.165) is 30.5 Å². The first-order valence-electron chi connectivity index (χ1n) is 12.2. The third kappa shape index (κ3) is 5.67. The van der Waals surface area contributed by atoms with Crippen LogP contribution in [-0.2, 0) is 14.3 Å². The lowest BCUT2D eigenvalue weighted by Gasteiger charge is -2.32. The number of rotatable bonds is 8. The van der Waals surface area contributed by atoms with Crippen LogP contribution in [0.5, 0.6) is 11.5 Å². The van der Waals surface area contributed by atoms with Crippen LogP contribution >= 0.6 is 0 Å². The van der Waals surface area contributed by atoms with E-state index < -0.39 is 6.04 Å². The lowest BCUT2D eigenvalue weighted by atomic mass is 9.97. The normalized spacial score (nSPS) is 20.1. The third-order valence-corrected chi connectivity index (χ3v) is 6.63. The van der Waals surface area contributed by atoms with Crippen molar-refractivity contribution in [1.29, 1.82) is 0 Å². The van der Waals surface area contributed by atoms with Crippen molar-refractivity contribution < 1.29 is 28.2 Å². The standard InChI is InChI=1S/C27H32FN3O5/c1-4-36-27(33)19-6-5-13-30(16-19)17-26(32)31-24(22-12-11-21(34-2)14-25(22)35-3)15-23(29-31)18-7-9-20(28)10-8-18/h7-12,14,19,24H,4-6,13,15-17H2,1-3H3/t19-,24-/m0/s1. The van der Waals surface area contributed by atoms with Crippen LogP contribution in [0.15, 0.2) is 47.6 Å². The van der Waals surface area contributed by atoms with Crippen molar-refractivity contribution in [2.24, 2.45) is 11.0 Å². The number of likely N-dealkylation sites (tertiary alicyclic amines) is 1. The molecule has 36 heavy (non-hydrogen) atoms. The summed E-state index contributed by atoms with van der Waals surface area (Å²) in [5, 5.41) is 6.18. The van der Waals surface area contributed by atoms with Gasteiger partial charge in [0.1, 0.15) is 17.3 Å². The Morgan fingerprint density at radius 2 is 1.89 bits per heavy atom. The highest BCUT2D eigenvalue weighted by molar-refractivity contribution is 6.03. The van der Waals surface area contributed by atoms with E-state index in [-0.39, 0.29) is 30.2 Å². The van der Waals surface area contributed by atoms with Gasteiger partial charge in [-0.2, -0.15) is 5.10 Å². The molecule has 2 aliphatic heterocycles. The number of carbonyl (C=O) groups excluding carboxylic acids is 2. The second-order valence-corrected chi connectivity index (χ2v) is 8.95. The number of methoxy groups -OCH3 is 2. The average Bonchev–Trinajstić information content (AvgIpc) is 3.34. The van der Waals surface area contributed by atoms with Crippen LogP contribution in [0, 0.1) is 11.7 Å². The molecule has 2 atom stereocenters. The van der Waals surface area contributed by atoms with Gasteiger partial charge in [0.05, 0.1) is 45.0 Å². The molecule has 4 rings (SSSR count). The predicted octanol–water partition coefficient (Wildman–Crippen LogP) is 3.80. The van der Waals surface area contributed by atoms with Crippen LogP contribution in [0.3, 0.4) is 0 Å². The van der Waals surface area contributed by atoms with Gasteiger partial charge in [-0.05, 0) is 56.1 Å². The van der Waals surface area contributed by atoms with Gasteiger partial charge in [0.25, 0.3) is 5.91 Å². The van der Waals surface area contributed by atoms with Gasteiger partial charge >= 0.3 is 5.97 Å². The first kappa shape index (κ1) is 25.6. The van der Waals surface area contributed by atoms with Crippen LogP contribution in [-0.4, -0.2) is 68.0 Å². The molecule has 0 bridgehead atoms. The number of amides is 1. The number of piperidine rings is 1. The molecule has 0 spiro atoms. The third-order valence-electron chi connectivity index (χ3n) is 6.63. The average molecular weight is 498 g/mol. The van der Waals surface area contributed by atoms with Crippen LogP contribution in [0.4, 0.5) is 4.39 Å². The summed E-state index contributed by atoms with van der Waals surface area (Å²) in [5.41, 5.74) is 2.24. The van der Waals surface area contributed by atoms with E-state index in [1.54, 1.807) is 39.3 Å². The minimum atomic E-state index is -0.399. The van der Waals surface area contributed by atoms with Crippen LogP contribution in [0.25, 0.3) is 0 Å². The molecule has 2 aromatic carbocycles. The molecular formula is C27H32FN3O5. The zero-order chi connectivity index (χ0) is 25.7. The quantitative estimate of drug-likeness (QED) is 0.516. The molecule has 192 valence electrons. The fourth-order valence-corrected chi connectivity index (χ4v) is 4.81. The minimum Gasteiger partial charge on any atom is -0.497 e. The molecule has 9 heteroatoms. The lowest BCUT2D eigenvalue weighted by molar-refractivity contribution is -0.150. The molecule has 0 aliphatic carbocycles. The van der Waals surface area contributed by atoms with E-state index >= 15 is 0 Å². The molecular weight excluding hydrogens is 465 g/mol. The molecule has 2 aliphatic rings. The Hall–Kier alpha value is -3.46. The number of nitrogens with zero attached hydrogens (tertiary/aromatic N) is 3. The molecule has 2 aromatic rings. The summed E-state index contributed by atoms with van der Waals surface area (Å²) in [6.45, 7) is 3.46. The Balaban J connectivity index is 1.59. The molecule has 0 radical (unpaired) electrons. The summed E-state index contributed by atoms with van der Waals surface area (Å²) in [6, 6.07) is 11.2. The van der Waals surface area contributed by atoms with Crippen molar-refractivity contribution >= 4 is 17.6 Å². The van der Waals surface area contributed by atoms with E-state index in [4.69, 9.17) is 14.2 Å². The van der Waals surface area contributed by atoms with Gasteiger partial charge in [-0.3, -0.25) is 14.5 Å². The van der Waals surface area contributed by atoms with Crippen LogP contribution in [0.2, 0.25) is 0 Å². The number of esters is 1. The van der Waals surface area contributed by atoms with Gasteiger partial charge in [-0.25, -0.2) is 9.40 Å². The molecule has 2 heterocycles. The van der Waals surface area contributed by atoms with Crippen molar-refractivity contribution in [1.82, 2.24) is 9.91 Å². The second kappa shape index (κ2) is 11.5. The van der Waals surface area contributed by atoms with E-state index in [1.807, 2.05) is 17.0 Å². The van der Waals surface area contributed by atoms with Gasteiger partial charge in [0.15, 0.2) is 0 Å². The van der Waals surface area contributed by atoms with E-state index in [1.165, 1.54) is 17.1 Å². The topological polar surface area (TPSA) is 80.7 Å². The van der Waals surface area contributed by atoms with Crippen molar-refractivity contribution in [3.05, 3.63) is 59.4 Å². The summed E-state index contributed by atoms with van der Waals surface area (Å²) in [5.74, 6) is 0.269. The maximum absolute atomic E-state index is 13.6. The fourth-order valence-electron chi connectivity index (χ4n) is 4.81. The monoisotopic (exact) mass is 497 g/mol. The van der Waals surface area contributed by atoms with Crippen molar-refractivity contribution in [3.8, 4) is 11.5 Å². The number of carbonyl (C=O) groups is 2. The highest BCUT2D eigenvalue weighted by Crippen LogP contribution is 2.39. The highest BCUT2D eigenvalue weighted by Gasteiger charge is 2.36. The number of hydrogen-bond acceptors (Lipinski definition) is 7. The zero-order valence-electron chi connectivity index (χ0n) is 20.9. The Kier molecular flexibility index (Phi) is 8.20. The van der Waals surface area contributed by atoms with Crippen molar-refractivity contribution in [3.63, 3.8) is 0 Å². The van der Waals surface area contributed by atoms with Gasteiger partial charge in [0, 0.05) is 24.6 Å². The molecule has 0 saturated carbocycles. The smallest absolute Gasteiger partial charge is 0.310 e. The Labute approximate surface area is 210 Å². The fraction of sp³-hybridized carbons (Fsp3) is 0.444. The summed E-state index contributed by atoms with van der Waals surface area (Å²) in [7, 11) is 3.15.